The molecule has 4 aromatic carbocycles. The third-order valence-corrected chi connectivity index (χ3v) is 28.6. The molecule has 2 saturated carbocycles. The van der Waals surface area contributed by atoms with Crippen LogP contribution in [0.1, 0.15) is 141 Å². The maximum Gasteiger partial charge on any atom is 0.416 e. The summed E-state index contributed by atoms with van der Waals surface area (Å²) < 4.78 is 252. The van der Waals surface area contributed by atoms with E-state index >= 15 is 0 Å². The summed E-state index contributed by atoms with van der Waals surface area (Å²) >= 11 is 3.38. The lowest BCUT2D eigenvalue weighted by molar-refractivity contribution is -0.138. The van der Waals surface area contributed by atoms with Gasteiger partial charge in [-0.15, -0.1) is 0 Å². The van der Waals surface area contributed by atoms with Crippen molar-refractivity contribution in [1.82, 2.24) is 38.2 Å². The van der Waals surface area contributed by atoms with Crippen molar-refractivity contribution in [3.05, 3.63) is 119 Å². The fourth-order valence-corrected chi connectivity index (χ4v) is 20.6. The lowest BCUT2D eigenvalue weighted by Gasteiger charge is -2.43. The maximum atomic E-state index is 13.1. The second-order valence-electron chi connectivity index (χ2n) is 31.2. The minimum atomic E-state index is -4.55. The van der Waals surface area contributed by atoms with Crippen molar-refractivity contribution in [3.63, 3.8) is 0 Å². The van der Waals surface area contributed by atoms with Crippen molar-refractivity contribution in [2.75, 3.05) is 117 Å². The summed E-state index contributed by atoms with van der Waals surface area (Å²) in [6, 6.07) is 17.1. The van der Waals surface area contributed by atoms with E-state index < -0.39 is 109 Å². The van der Waals surface area contributed by atoms with E-state index in [1.807, 2.05) is 27.7 Å². The number of ether oxygens (including phenoxy) is 6. The van der Waals surface area contributed by atoms with Crippen molar-refractivity contribution >= 4 is 77.9 Å². The first kappa shape index (κ1) is 91.9. The number of likely N-dealkylation sites (tertiary alicyclic amines) is 3. The first-order valence-electron chi connectivity index (χ1n) is 37.4. The predicted molar refractivity (Wildman–Crippen MR) is 404 cm³/mol. The van der Waals surface area contributed by atoms with Crippen molar-refractivity contribution in [3.8, 4) is 0 Å². The van der Waals surface area contributed by atoms with Gasteiger partial charge in [0.25, 0.3) is 9.05 Å². The molecule has 8 aliphatic heterocycles. The second-order valence-corrected chi connectivity index (χ2v) is 40.0. The Labute approximate surface area is 669 Å². The van der Waals surface area contributed by atoms with Gasteiger partial charge in [0, 0.05) is 139 Å². The average molecular weight is 1770 g/mol. The van der Waals surface area contributed by atoms with Crippen LogP contribution in [0.15, 0.2) is 117 Å². The molecule has 4 aromatic rings. The van der Waals surface area contributed by atoms with Crippen LogP contribution in [-0.4, -0.2) is 224 Å². The fraction of sp³-hybridized carbons (Fsp3) is 0.649. The minimum absolute atomic E-state index is 0.0930. The van der Waals surface area contributed by atoms with Gasteiger partial charge in [0.1, 0.15) is 34.1 Å². The van der Waals surface area contributed by atoms with Gasteiger partial charge >= 0.3 is 30.7 Å². The molecule has 14 rings (SSSR count). The number of carbonyl (C=O) groups excluding carboxylic acids is 2. The number of sulfonamides is 3. The van der Waals surface area contributed by atoms with E-state index in [1.54, 1.807) is 37.8 Å². The Balaban J connectivity index is 0.000000164. The van der Waals surface area contributed by atoms with E-state index in [0.717, 1.165) is 136 Å². The largest absolute Gasteiger partial charge is 0.444 e. The summed E-state index contributed by atoms with van der Waals surface area (Å²) in [6.07, 6.45) is -4.39. The van der Waals surface area contributed by atoms with Crippen LogP contribution < -0.4 is 10.6 Å². The second kappa shape index (κ2) is 36.7. The number of benzene rings is 4. The molecule has 113 heavy (non-hydrogen) atoms. The van der Waals surface area contributed by atoms with Crippen LogP contribution in [0.5, 0.6) is 0 Å². The third-order valence-electron chi connectivity index (χ3n) is 20.5. The number of aryl methyl sites for hydroxylation is 1. The van der Waals surface area contributed by atoms with E-state index in [0.29, 0.717) is 65.1 Å². The van der Waals surface area contributed by atoms with E-state index in [4.69, 9.17) is 39.1 Å². The highest BCUT2D eigenvalue weighted by Gasteiger charge is 2.54. The summed E-state index contributed by atoms with van der Waals surface area (Å²) in [6.45, 7) is 21.6. The molecule has 0 radical (unpaired) electrons. The summed E-state index contributed by atoms with van der Waals surface area (Å²) in [5.74, 6) is 1.82. The molecule has 0 aromatic heterocycles. The van der Waals surface area contributed by atoms with Gasteiger partial charge in [-0.1, -0.05) is 33.6 Å². The Hall–Kier alpha value is -5.04. The molecule has 0 bridgehead atoms. The van der Waals surface area contributed by atoms with Gasteiger partial charge in [-0.2, -0.15) is 52.4 Å². The Morgan fingerprint density at radius 1 is 0.451 bits per heavy atom. The number of alkyl halides is 10. The molecule has 10 aliphatic rings. The third kappa shape index (κ3) is 24.6. The van der Waals surface area contributed by atoms with Crippen molar-refractivity contribution in [2.45, 2.75) is 198 Å². The van der Waals surface area contributed by atoms with Crippen LogP contribution >= 0.6 is 26.6 Å². The first-order chi connectivity index (χ1) is 52.5. The first-order valence-corrected chi connectivity index (χ1v) is 45.2. The monoisotopic (exact) mass is 1770 g/mol. The highest BCUT2D eigenvalue weighted by atomic mass is 79.9. The van der Waals surface area contributed by atoms with Gasteiger partial charge in [0.15, 0.2) is 0 Å². The topological polar surface area (TPSA) is 270 Å². The number of carbonyl (C=O) groups is 2. The molecule has 24 nitrogen and oxygen atoms in total. The van der Waals surface area contributed by atoms with Crippen molar-refractivity contribution in [2.24, 2.45) is 11.8 Å². The zero-order valence-electron chi connectivity index (χ0n) is 64.1. The average Bonchev–Trinajstić information content (AvgIpc) is 1.67. The maximum absolute atomic E-state index is 13.1. The fourth-order valence-electron chi connectivity index (χ4n) is 14.0. The van der Waals surface area contributed by atoms with Crippen LogP contribution in [0.2, 0.25) is 0 Å². The lowest BCUT2D eigenvalue weighted by Crippen LogP contribution is -2.56. The zero-order chi connectivity index (χ0) is 83.1. The van der Waals surface area contributed by atoms with E-state index in [9.17, 15) is 82.8 Å². The van der Waals surface area contributed by atoms with Gasteiger partial charge < -0.3 is 48.4 Å². The molecule has 2 aliphatic carbocycles. The number of amides is 2. The lowest BCUT2D eigenvalue weighted by atomic mass is 10.0. The Kier molecular flexibility index (Phi) is 29.8. The van der Waals surface area contributed by atoms with Crippen molar-refractivity contribution < 1.29 is 111 Å². The van der Waals surface area contributed by atoms with Gasteiger partial charge in [-0.05, 0) is 184 Å². The number of nitrogens with one attached hydrogen (secondary N) is 2. The molecule has 0 atom stereocenters. The molecule has 8 saturated heterocycles. The summed E-state index contributed by atoms with van der Waals surface area (Å²) in [5, 5.41) is 7.75. The van der Waals surface area contributed by atoms with Crippen LogP contribution in [0.3, 0.4) is 0 Å². The number of rotatable bonds is 10. The number of hydrogen-bond donors (Lipinski definition) is 2. The van der Waals surface area contributed by atoms with Crippen LogP contribution in [0.25, 0.3) is 0 Å². The predicted octanol–water partition coefficient (Wildman–Crippen LogP) is 13.2. The number of piperidine rings is 4. The van der Waals surface area contributed by atoms with E-state index in [1.165, 1.54) is 61.0 Å². The zero-order valence-corrected chi connectivity index (χ0v) is 69.7. The smallest absolute Gasteiger partial charge is 0.416 e. The molecule has 8 heterocycles. The highest BCUT2D eigenvalue weighted by molar-refractivity contribution is 9.09. The van der Waals surface area contributed by atoms with E-state index in [2.05, 4.69) is 31.5 Å². The normalized spacial score (nSPS) is 21.7. The summed E-state index contributed by atoms with van der Waals surface area (Å²) in [4.78, 5) is 29.4. The molecular formula is C74H101BrClF9N8O16S4. The summed E-state index contributed by atoms with van der Waals surface area (Å²) in [7, 11) is -10.3. The SMILES string of the molecule is BrCC1CC1.CC(C)(C)OC(=O)N1CCC2(CC1)NCCO2.CC(C)(C)OC(=O)N1CCC2(CC1)OCCN2S(=O)(=O)c1ccc(C(F)(F)F)cc1.Cc1ccc(S(=O)(=O)Cl)cc1.O=S(=O)(c1ccc(C(F)(F)F)cc1)N1CCOC12CCN(CC1CC1)CC2.O=S(=O)(c1ccc(C(F)(F)F)cc1)N1CCOC12CCNCC2. The number of nitrogens with zero attached hydrogens (tertiary/aromatic N) is 6. The van der Waals surface area contributed by atoms with Crippen LogP contribution in [-0.2, 0) is 86.1 Å². The molecule has 0 unspecified atom stereocenters. The molecule has 10 fully saturated rings. The molecule has 4 spiro atoms. The molecule has 2 amide bonds. The molecular weight excluding hydrogens is 1670 g/mol. The molecule has 2 N–H and O–H groups in total. The van der Waals surface area contributed by atoms with Crippen molar-refractivity contribution in [1.29, 1.82) is 0 Å². The summed E-state index contributed by atoms with van der Waals surface area (Å²) in [5.41, 5.74) is -5.77. The standard InChI is InChI=1S/C19H25F3N2O5S.C18H23F3N2O3S.C14H17F3N2O3S.C12H22N2O3.C7H7ClO2S.C4H7Br/c1-17(2,3)29-16(25)23-10-8-18(9-11-23)24(12-13-28-18)30(26,27)15-6-4-14(5-7-15)19(20,21)22;19-18(20,21)15-3-5-16(6-4-15)27(24,25)23-11-12-26-17(23)7-9-22(10-8-17)13-14-1-2-14;15-14(16,17)11-1-3-12(4-2-11)23(20,21)19-9-10-22-13(19)5-7-18-8-6-13;1-11(2,3)17-10(15)14-7-4-12(5-8-14)13-6-9-16-12;1-6-2-4-7(5-3-6)11(8,9)10;5-3-4-1-2-4/h4-7H,8-13H2,1-3H3;3-6,14H,1-2,7-13H2;1-4,18H,5-10H2;13H,4-9H2,1-3H3;2-5H,1H3;4H,1-3H2. The quantitative estimate of drug-likeness (QED) is 0.0848. The van der Waals surface area contributed by atoms with Crippen LogP contribution in [0.4, 0.5) is 49.1 Å². The van der Waals surface area contributed by atoms with Gasteiger partial charge in [0.2, 0.25) is 30.1 Å². The molecule has 39 heteroatoms. The van der Waals surface area contributed by atoms with Gasteiger partial charge in [-0.25, -0.2) is 43.3 Å². The Bertz CT molecular complexity index is 4300. The van der Waals surface area contributed by atoms with Gasteiger partial charge in [-0.3, -0.25) is 5.32 Å². The Morgan fingerprint density at radius 3 is 1.07 bits per heavy atom. The highest BCUT2D eigenvalue weighted by Crippen LogP contribution is 2.44. The Morgan fingerprint density at radius 2 is 0.779 bits per heavy atom. The van der Waals surface area contributed by atoms with Crippen LogP contribution in [0, 0.1) is 18.8 Å². The minimum Gasteiger partial charge on any atom is -0.444 e. The number of halogens is 11. The van der Waals surface area contributed by atoms with E-state index in [-0.39, 0.29) is 83.6 Å². The number of hydrogen-bond acceptors (Lipinski definition) is 19. The van der Waals surface area contributed by atoms with Gasteiger partial charge in [0.05, 0.1) is 62.7 Å². The molecule has 634 valence electrons.